The largest absolute Gasteiger partial charge is 0.396 e. The minimum absolute atomic E-state index is 0.0216. The summed E-state index contributed by atoms with van der Waals surface area (Å²) < 4.78 is 0.893. The molecule has 0 aromatic heterocycles. The first-order chi connectivity index (χ1) is 6.19. The summed E-state index contributed by atoms with van der Waals surface area (Å²) in [6.45, 7) is 0.480. The Morgan fingerprint density at radius 1 is 1.54 bits per heavy atom. The summed E-state index contributed by atoms with van der Waals surface area (Å²) in [4.78, 5) is 0. The molecule has 13 heavy (non-hydrogen) atoms. The highest BCUT2D eigenvalue weighted by Crippen LogP contribution is 2.27. The van der Waals surface area contributed by atoms with Crippen LogP contribution in [-0.2, 0) is 0 Å². The van der Waals surface area contributed by atoms with Gasteiger partial charge in [0.25, 0.3) is 0 Å². The van der Waals surface area contributed by atoms with Gasteiger partial charge in [-0.1, -0.05) is 33.6 Å². The molecule has 1 rings (SSSR count). The Balaban J connectivity index is 2.99. The van der Waals surface area contributed by atoms with Crippen molar-refractivity contribution in [2.24, 2.45) is 5.73 Å². The molecule has 0 amide bonds. The molecule has 1 atom stereocenters. The minimum Gasteiger partial charge on any atom is -0.396 e. The van der Waals surface area contributed by atoms with Crippen molar-refractivity contribution in [3.8, 4) is 0 Å². The fourth-order valence-corrected chi connectivity index (χ4v) is 2.14. The average molecular weight is 265 g/mol. The van der Waals surface area contributed by atoms with E-state index >= 15 is 0 Å². The van der Waals surface area contributed by atoms with Crippen LogP contribution in [-0.4, -0.2) is 18.3 Å². The van der Waals surface area contributed by atoms with Crippen LogP contribution in [0.5, 0.6) is 0 Å². The fourth-order valence-electron chi connectivity index (χ4n) is 1.13. The van der Waals surface area contributed by atoms with Crippen molar-refractivity contribution in [3.63, 3.8) is 0 Å². The van der Waals surface area contributed by atoms with Crippen LogP contribution in [0.25, 0.3) is 0 Å². The lowest BCUT2D eigenvalue weighted by Crippen LogP contribution is -2.16. The number of nitrogens with two attached hydrogens (primary N) is 1. The molecule has 0 heterocycles. The minimum atomic E-state index is -0.0216. The number of benzene rings is 1. The van der Waals surface area contributed by atoms with Crippen molar-refractivity contribution in [1.29, 1.82) is 0 Å². The second-order valence-electron chi connectivity index (χ2n) is 2.78. The van der Waals surface area contributed by atoms with Gasteiger partial charge in [0.1, 0.15) is 0 Å². The van der Waals surface area contributed by atoms with Gasteiger partial charge in [-0.3, -0.25) is 0 Å². The predicted octanol–water partition coefficient (Wildman–Crippen LogP) is 2.14. The van der Waals surface area contributed by atoms with Gasteiger partial charge in [0, 0.05) is 22.0 Å². The van der Waals surface area contributed by atoms with E-state index in [1.54, 1.807) is 12.1 Å². The smallest absolute Gasteiger partial charge is 0.0512 e. The van der Waals surface area contributed by atoms with E-state index in [2.05, 4.69) is 15.9 Å². The van der Waals surface area contributed by atoms with Gasteiger partial charge in [0.2, 0.25) is 0 Å². The van der Waals surface area contributed by atoms with Gasteiger partial charge in [-0.25, -0.2) is 0 Å². The molecule has 0 saturated heterocycles. The second kappa shape index (κ2) is 4.96. The van der Waals surface area contributed by atoms with Crippen molar-refractivity contribution >= 4 is 27.5 Å². The second-order valence-corrected chi connectivity index (χ2v) is 4.07. The lowest BCUT2D eigenvalue weighted by Gasteiger charge is -2.13. The SMILES string of the molecule is NCC(CO)c1ccc(Cl)cc1Br. The van der Waals surface area contributed by atoms with Crippen LogP contribution in [0.1, 0.15) is 11.5 Å². The average Bonchev–Trinajstić information content (AvgIpc) is 2.10. The van der Waals surface area contributed by atoms with E-state index in [0.717, 1.165) is 10.0 Å². The molecule has 1 aromatic rings. The molecule has 0 aliphatic heterocycles. The van der Waals surface area contributed by atoms with E-state index in [1.165, 1.54) is 0 Å². The first-order valence-electron chi connectivity index (χ1n) is 3.95. The molecule has 0 fully saturated rings. The van der Waals surface area contributed by atoms with Crippen molar-refractivity contribution in [2.45, 2.75) is 5.92 Å². The predicted molar refractivity (Wildman–Crippen MR) is 58.0 cm³/mol. The van der Waals surface area contributed by atoms with Gasteiger partial charge in [-0.05, 0) is 17.7 Å². The molecule has 0 aliphatic rings. The number of hydrogen-bond acceptors (Lipinski definition) is 2. The monoisotopic (exact) mass is 263 g/mol. The van der Waals surface area contributed by atoms with Crippen molar-refractivity contribution < 1.29 is 5.11 Å². The number of halogens is 2. The van der Waals surface area contributed by atoms with Crippen LogP contribution < -0.4 is 5.73 Å². The zero-order valence-electron chi connectivity index (χ0n) is 7.00. The standard InChI is InChI=1S/C9H11BrClNO/c10-9-3-7(11)1-2-8(9)6(4-12)5-13/h1-3,6,13H,4-5,12H2. The first-order valence-corrected chi connectivity index (χ1v) is 5.12. The molecule has 3 N–H and O–H groups in total. The van der Waals surface area contributed by atoms with Gasteiger partial charge in [-0.2, -0.15) is 0 Å². The molecule has 0 radical (unpaired) electrons. The normalized spacial score (nSPS) is 12.9. The number of aliphatic hydroxyl groups excluding tert-OH is 1. The summed E-state index contributed by atoms with van der Waals surface area (Å²) in [7, 11) is 0. The lowest BCUT2D eigenvalue weighted by molar-refractivity contribution is 0.267. The van der Waals surface area contributed by atoms with Crippen molar-refractivity contribution in [2.75, 3.05) is 13.2 Å². The topological polar surface area (TPSA) is 46.2 Å². The Labute approximate surface area is 90.8 Å². The van der Waals surface area contributed by atoms with E-state index in [1.807, 2.05) is 6.07 Å². The number of rotatable bonds is 3. The highest BCUT2D eigenvalue weighted by molar-refractivity contribution is 9.10. The van der Waals surface area contributed by atoms with Gasteiger partial charge >= 0.3 is 0 Å². The van der Waals surface area contributed by atoms with E-state index in [4.69, 9.17) is 22.4 Å². The fraction of sp³-hybridized carbons (Fsp3) is 0.333. The van der Waals surface area contributed by atoms with Crippen molar-refractivity contribution in [1.82, 2.24) is 0 Å². The first kappa shape index (κ1) is 11.0. The molecule has 1 unspecified atom stereocenters. The van der Waals surface area contributed by atoms with Gasteiger partial charge < -0.3 is 10.8 Å². The molecule has 4 heteroatoms. The zero-order valence-corrected chi connectivity index (χ0v) is 9.35. The summed E-state index contributed by atoms with van der Waals surface area (Å²) in [5, 5.41) is 9.71. The summed E-state index contributed by atoms with van der Waals surface area (Å²) >= 11 is 9.16. The summed E-state index contributed by atoms with van der Waals surface area (Å²) in [5.74, 6) is -0.0216. The molecule has 1 aromatic carbocycles. The van der Waals surface area contributed by atoms with Gasteiger partial charge in [0.05, 0.1) is 6.61 Å². The van der Waals surface area contributed by atoms with Gasteiger partial charge in [-0.15, -0.1) is 0 Å². The maximum atomic E-state index is 9.04. The Morgan fingerprint density at radius 2 is 2.23 bits per heavy atom. The quantitative estimate of drug-likeness (QED) is 0.879. The van der Waals surface area contributed by atoms with E-state index in [9.17, 15) is 0 Å². The van der Waals surface area contributed by atoms with Gasteiger partial charge in [0.15, 0.2) is 0 Å². The third-order valence-electron chi connectivity index (χ3n) is 1.91. The number of hydrogen-bond donors (Lipinski definition) is 2. The van der Waals surface area contributed by atoms with Crippen molar-refractivity contribution in [3.05, 3.63) is 33.3 Å². The summed E-state index contributed by atoms with van der Waals surface area (Å²) in [6.07, 6.45) is 0. The maximum absolute atomic E-state index is 9.04. The maximum Gasteiger partial charge on any atom is 0.0512 e. The Morgan fingerprint density at radius 3 is 2.69 bits per heavy atom. The molecule has 2 nitrogen and oxygen atoms in total. The van der Waals surface area contributed by atoms with E-state index in [0.29, 0.717) is 11.6 Å². The molecular weight excluding hydrogens is 253 g/mol. The zero-order chi connectivity index (χ0) is 9.84. The highest BCUT2D eigenvalue weighted by Gasteiger charge is 2.11. The van der Waals surface area contributed by atoms with E-state index in [-0.39, 0.29) is 12.5 Å². The Bertz CT molecular complexity index is 289. The molecule has 0 bridgehead atoms. The third-order valence-corrected chi connectivity index (χ3v) is 2.83. The third kappa shape index (κ3) is 2.68. The molecule has 0 saturated carbocycles. The lowest BCUT2D eigenvalue weighted by atomic mass is 10.0. The Hall–Kier alpha value is -0.0900. The summed E-state index contributed by atoms with van der Waals surface area (Å²) in [5.41, 5.74) is 6.50. The van der Waals surface area contributed by atoms with Crippen LogP contribution >= 0.6 is 27.5 Å². The van der Waals surface area contributed by atoms with Crippen LogP contribution in [0.4, 0.5) is 0 Å². The van der Waals surface area contributed by atoms with Crippen LogP contribution in [0.2, 0.25) is 5.02 Å². The van der Waals surface area contributed by atoms with Crippen LogP contribution in [0.3, 0.4) is 0 Å². The van der Waals surface area contributed by atoms with Crippen LogP contribution in [0, 0.1) is 0 Å². The van der Waals surface area contributed by atoms with Crippen LogP contribution in [0.15, 0.2) is 22.7 Å². The molecule has 72 valence electrons. The number of aliphatic hydroxyl groups is 1. The molecule has 0 spiro atoms. The van der Waals surface area contributed by atoms with E-state index < -0.39 is 0 Å². The highest BCUT2D eigenvalue weighted by atomic mass is 79.9. The Kier molecular flexibility index (Phi) is 4.19. The molecule has 0 aliphatic carbocycles. The molecular formula is C9H11BrClNO. The summed E-state index contributed by atoms with van der Waals surface area (Å²) in [6, 6.07) is 5.47.